The number of hydrogen-bond acceptors (Lipinski definition) is 4. The Morgan fingerprint density at radius 3 is 2.14 bits per heavy atom. The van der Waals surface area contributed by atoms with Gasteiger partial charge in [-0.1, -0.05) is 0 Å². The molecule has 0 saturated carbocycles. The van der Waals surface area contributed by atoms with Gasteiger partial charge in [0.05, 0.1) is 0 Å². The average molecular weight is 277 g/mol. The zero-order valence-corrected chi connectivity index (χ0v) is 9.15. The Balaban J connectivity index is 4.31. The van der Waals surface area contributed by atoms with E-state index >= 15 is 0 Å². The Bertz CT molecular complexity index is 338. The third-order valence-corrected chi connectivity index (χ3v) is 3.93. The van der Waals surface area contributed by atoms with Crippen molar-refractivity contribution >= 4 is 25.9 Å². The minimum absolute atomic E-state index is 0.770. The molecule has 0 amide bonds. The second-order valence-electron chi connectivity index (χ2n) is 2.00. The molecule has 0 fully saturated rings. The zero-order chi connectivity index (χ0) is 11.6. The Labute approximate surface area is 78.8 Å². The molecule has 0 rings (SSSR count). The summed E-state index contributed by atoms with van der Waals surface area (Å²) < 4.78 is 81.6. The fourth-order valence-corrected chi connectivity index (χ4v) is 3.21. The predicted octanol–water partition coefficient (Wildman–Crippen LogP) is 1.35. The first kappa shape index (κ1) is 14.2. The zero-order valence-electron chi connectivity index (χ0n) is 6.28. The highest BCUT2D eigenvalue weighted by Crippen LogP contribution is 2.46. The van der Waals surface area contributed by atoms with Gasteiger partial charge < -0.3 is 0 Å². The lowest BCUT2D eigenvalue weighted by Crippen LogP contribution is -2.20. The van der Waals surface area contributed by atoms with E-state index in [1.807, 2.05) is 0 Å². The van der Waals surface area contributed by atoms with Crippen LogP contribution < -0.4 is 4.49 Å². The molecule has 0 bridgehead atoms. The van der Waals surface area contributed by atoms with E-state index in [9.17, 15) is 30.4 Å². The lowest BCUT2D eigenvalue weighted by Gasteiger charge is -2.11. The van der Waals surface area contributed by atoms with Gasteiger partial charge in [0.15, 0.2) is 6.61 Å². The molecule has 2 atom stereocenters. The van der Waals surface area contributed by atoms with Gasteiger partial charge in [-0.3, -0.25) is 4.52 Å². The van der Waals surface area contributed by atoms with Crippen LogP contribution in [0, 0.1) is 0 Å². The van der Waals surface area contributed by atoms with Crippen molar-refractivity contribution in [1.82, 2.24) is 4.49 Å². The van der Waals surface area contributed by atoms with Gasteiger partial charge >= 0.3 is 14.0 Å². The van der Waals surface area contributed by atoms with Crippen LogP contribution in [0.4, 0.5) is 17.4 Å². The van der Waals surface area contributed by atoms with Crippen LogP contribution in [0.25, 0.3) is 0 Å². The van der Waals surface area contributed by atoms with Crippen LogP contribution in [0.1, 0.15) is 0 Å². The number of nitrogens with one attached hydrogen (secondary N) is 1. The molecule has 0 saturated heterocycles. The molecule has 0 aliphatic rings. The summed E-state index contributed by atoms with van der Waals surface area (Å²) in [7, 11) is -8.76. The second-order valence-corrected chi connectivity index (χ2v) is 6.90. The fraction of sp³-hybridized carbons (Fsp3) is 1.00. The largest absolute Gasteiger partial charge is 0.456 e. The van der Waals surface area contributed by atoms with Crippen LogP contribution in [0.2, 0.25) is 0 Å². The standard InChI is InChI=1S/C2H5F4NO4P2S/c3-2(4,5)1-11-13(6,8)7-14(9,10)12/h1,12H2,(H,7,8). The van der Waals surface area contributed by atoms with E-state index in [-0.39, 0.29) is 0 Å². The molecule has 0 aliphatic heterocycles. The van der Waals surface area contributed by atoms with Crippen LogP contribution in [0.15, 0.2) is 0 Å². The quantitative estimate of drug-likeness (QED) is 0.622. The van der Waals surface area contributed by atoms with E-state index < -0.39 is 30.3 Å². The van der Waals surface area contributed by atoms with Crippen molar-refractivity contribution < 1.29 is 34.9 Å². The van der Waals surface area contributed by atoms with Gasteiger partial charge in [-0.25, -0.2) is 13.0 Å². The summed E-state index contributed by atoms with van der Waals surface area (Å²) in [5.41, 5.74) is 0. The first-order valence-electron chi connectivity index (χ1n) is 2.74. The predicted molar refractivity (Wildman–Crippen MR) is 42.5 cm³/mol. The topological polar surface area (TPSA) is 72.5 Å². The third kappa shape index (κ3) is 8.83. The molecule has 0 aliphatic carbocycles. The molecule has 0 radical (unpaired) electrons. The molecule has 1 N–H and O–H groups in total. The van der Waals surface area contributed by atoms with Gasteiger partial charge in [-0.15, -0.1) is 8.69 Å². The Hall–Kier alpha value is 0.250. The highest BCUT2D eigenvalue weighted by Gasteiger charge is 2.35. The van der Waals surface area contributed by atoms with E-state index in [4.69, 9.17) is 0 Å². The molecule has 14 heavy (non-hydrogen) atoms. The van der Waals surface area contributed by atoms with Crippen molar-refractivity contribution in [3.05, 3.63) is 0 Å². The van der Waals surface area contributed by atoms with Gasteiger partial charge in [0.1, 0.15) is 0 Å². The number of alkyl halides is 3. The second kappa shape index (κ2) is 4.40. The fourth-order valence-electron chi connectivity index (χ4n) is 0.335. The van der Waals surface area contributed by atoms with Crippen LogP contribution in [0.3, 0.4) is 0 Å². The molecule has 0 aromatic rings. The maximum Gasteiger partial charge on any atom is 0.456 e. The van der Waals surface area contributed by atoms with Crippen molar-refractivity contribution in [3.8, 4) is 0 Å². The molecule has 2 unspecified atom stereocenters. The molecule has 0 aromatic heterocycles. The minimum atomic E-state index is -5.49. The van der Waals surface area contributed by atoms with E-state index in [1.165, 1.54) is 0 Å². The summed E-state index contributed by atoms with van der Waals surface area (Å²) in [6.07, 6.45) is -4.89. The Kier molecular flexibility index (Phi) is 4.48. The lowest BCUT2D eigenvalue weighted by atomic mass is 10.7. The highest BCUT2D eigenvalue weighted by molar-refractivity contribution is 8.37. The SMILES string of the molecule is O=P(F)(NS(=O)(=O)P)OCC(F)(F)F. The summed E-state index contributed by atoms with van der Waals surface area (Å²) in [5.74, 6) is 0. The minimum Gasteiger partial charge on any atom is -0.283 e. The number of rotatable bonds is 4. The Morgan fingerprint density at radius 1 is 1.43 bits per heavy atom. The van der Waals surface area contributed by atoms with Crippen molar-refractivity contribution in [2.24, 2.45) is 0 Å². The summed E-state index contributed by atoms with van der Waals surface area (Å²) in [6.45, 7) is -2.14. The van der Waals surface area contributed by atoms with Gasteiger partial charge in [-0.05, 0) is 0 Å². The van der Waals surface area contributed by atoms with E-state index in [0.717, 1.165) is 12.9 Å². The monoisotopic (exact) mass is 277 g/mol. The van der Waals surface area contributed by atoms with Crippen LogP contribution in [-0.2, 0) is 18.7 Å². The van der Waals surface area contributed by atoms with Crippen molar-refractivity contribution in [3.63, 3.8) is 0 Å². The summed E-state index contributed by atoms with van der Waals surface area (Å²) in [6, 6.07) is 0. The number of halogens is 4. The summed E-state index contributed by atoms with van der Waals surface area (Å²) >= 11 is 0. The van der Waals surface area contributed by atoms with Crippen molar-refractivity contribution in [1.29, 1.82) is 0 Å². The van der Waals surface area contributed by atoms with Gasteiger partial charge in [0, 0.05) is 8.44 Å². The van der Waals surface area contributed by atoms with Crippen molar-refractivity contribution in [2.45, 2.75) is 6.18 Å². The molecular formula is C2H5F4NO4P2S. The first-order valence-corrected chi connectivity index (χ1v) is 7.22. The molecule has 5 nitrogen and oxygen atoms in total. The number of hydrogen-bond donors (Lipinski definition) is 1. The molecule has 0 aromatic carbocycles. The lowest BCUT2D eigenvalue weighted by molar-refractivity contribution is -0.154. The molecule has 0 heterocycles. The normalized spacial score (nSPS) is 17.8. The van der Waals surface area contributed by atoms with Crippen molar-refractivity contribution in [2.75, 3.05) is 6.61 Å². The summed E-state index contributed by atoms with van der Waals surface area (Å²) in [4.78, 5) is 0. The highest BCUT2D eigenvalue weighted by atomic mass is 32.7. The maximum absolute atomic E-state index is 12.4. The molecule has 86 valence electrons. The molecule has 12 heteroatoms. The summed E-state index contributed by atoms with van der Waals surface area (Å²) in [5, 5.41) is 0. The van der Waals surface area contributed by atoms with Crippen LogP contribution in [-0.4, -0.2) is 21.2 Å². The third-order valence-electron chi connectivity index (χ3n) is 0.631. The van der Waals surface area contributed by atoms with Crippen LogP contribution >= 0.6 is 16.3 Å². The first-order chi connectivity index (χ1) is 5.91. The van der Waals surface area contributed by atoms with Gasteiger partial charge in [0.25, 0.3) is 0 Å². The molecule has 0 spiro atoms. The van der Waals surface area contributed by atoms with E-state index in [0.29, 0.717) is 0 Å². The van der Waals surface area contributed by atoms with Crippen LogP contribution in [0.5, 0.6) is 0 Å². The molecular weight excluding hydrogens is 272 g/mol. The van der Waals surface area contributed by atoms with E-state index in [2.05, 4.69) is 4.52 Å². The maximum atomic E-state index is 12.4. The Morgan fingerprint density at radius 2 is 1.86 bits per heavy atom. The average Bonchev–Trinajstić information content (AvgIpc) is 1.76. The van der Waals surface area contributed by atoms with E-state index in [1.54, 1.807) is 0 Å². The van der Waals surface area contributed by atoms with Gasteiger partial charge in [-0.2, -0.15) is 13.2 Å². The smallest absolute Gasteiger partial charge is 0.283 e. The van der Waals surface area contributed by atoms with Gasteiger partial charge in [0.2, 0.25) is 9.64 Å².